The molecule has 2 aliphatic rings. The van der Waals surface area contributed by atoms with Gasteiger partial charge in [-0.1, -0.05) is 0 Å². The summed E-state index contributed by atoms with van der Waals surface area (Å²) in [7, 11) is 0. The number of ether oxygens (including phenoxy) is 3. The van der Waals surface area contributed by atoms with Gasteiger partial charge in [0.15, 0.2) is 5.60 Å². The molecule has 8 nitrogen and oxygen atoms in total. The number of fused-ring (bicyclic) bond motifs is 3. The highest BCUT2D eigenvalue weighted by molar-refractivity contribution is 5.83. The Bertz CT molecular complexity index is 992. The summed E-state index contributed by atoms with van der Waals surface area (Å²) in [6.07, 6.45) is 2.69. The lowest BCUT2D eigenvalue weighted by Crippen LogP contribution is -2.43. The molecule has 3 heterocycles. The van der Waals surface area contributed by atoms with Crippen molar-refractivity contribution in [3.63, 3.8) is 0 Å². The largest absolute Gasteiger partial charge is 0.478 e. The van der Waals surface area contributed by atoms with Gasteiger partial charge < -0.3 is 19.9 Å². The van der Waals surface area contributed by atoms with Gasteiger partial charge in [-0.05, 0) is 56.9 Å². The molecule has 2 aliphatic heterocycles. The molecule has 29 heavy (non-hydrogen) atoms. The van der Waals surface area contributed by atoms with Gasteiger partial charge in [0.05, 0.1) is 11.8 Å². The number of aromatic nitrogens is 2. The first-order valence-electron chi connectivity index (χ1n) is 9.82. The summed E-state index contributed by atoms with van der Waals surface area (Å²) in [5.74, 6) is 0.332. The number of carbonyl (C=O) groups excluding carboxylic acids is 1. The quantitative estimate of drug-likeness (QED) is 0.792. The van der Waals surface area contributed by atoms with Crippen molar-refractivity contribution in [3.8, 4) is 22.9 Å². The molecule has 154 valence electrons. The van der Waals surface area contributed by atoms with Gasteiger partial charge in [0.25, 0.3) is 5.91 Å². The van der Waals surface area contributed by atoms with E-state index in [4.69, 9.17) is 19.9 Å². The third-order valence-electron chi connectivity index (χ3n) is 5.35. The van der Waals surface area contributed by atoms with Crippen molar-refractivity contribution in [3.05, 3.63) is 40.3 Å². The fraction of sp³-hybridized carbons (Fsp3) is 0.476. The lowest BCUT2D eigenvalue weighted by Gasteiger charge is -2.25. The Hall–Kier alpha value is -2.87. The highest BCUT2D eigenvalue weighted by Gasteiger charge is 2.28. The van der Waals surface area contributed by atoms with Gasteiger partial charge in [-0.25, -0.2) is 4.79 Å². The molecule has 4 rings (SSSR count). The second-order valence-corrected chi connectivity index (χ2v) is 7.91. The number of hydrogen-bond acceptors (Lipinski definition) is 6. The van der Waals surface area contributed by atoms with Gasteiger partial charge >= 0.3 is 5.69 Å². The van der Waals surface area contributed by atoms with Crippen LogP contribution in [0.4, 0.5) is 0 Å². The van der Waals surface area contributed by atoms with Crippen molar-refractivity contribution in [2.45, 2.75) is 51.4 Å². The molecule has 0 spiro atoms. The topological polar surface area (TPSA) is 106 Å². The van der Waals surface area contributed by atoms with Crippen molar-refractivity contribution < 1.29 is 19.0 Å². The van der Waals surface area contributed by atoms with Crippen LogP contribution in [0.3, 0.4) is 0 Å². The van der Waals surface area contributed by atoms with E-state index >= 15 is 0 Å². The van der Waals surface area contributed by atoms with E-state index < -0.39 is 11.5 Å². The van der Waals surface area contributed by atoms with Crippen LogP contribution in [0.5, 0.6) is 11.6 Å². The summed E-state index contributed by atoms with van der Waals surface area (Å²) in [4.78, 5) is 28.1. The molecule has 2 aromatic rings. The Morgan fingerprint density at radius 3 is 2.93 bits per heavy atom. The molecule has 0 saturated carbocycles. The van der Waals surface area contributed by atoms with Crippen LogP contribution in [-0.4, -0.2) is 40.4 Å². The Kier molecular flexibility index (Phi) is 5.04. The third-order valence-corrected chi connectivity index (χ3v) is 5.35. The summed E-state index contributed by atoms with van der Waals surface area (Å²) in [5, 5.41) is 0. The first-order valence-corrected chi connectivity index (χ1v) is 9.82. The molecule has 1 fully saturated rings. The van der Waals surface area contributed by atoms with E-state index in [2.05, 4.69) is 4.98 Å². The third kappa shape index (κ3) is 3.98. The van der Waals surface area contributed by atoms with Gasteiger partial charge in [-0.3, -0.25) is 9.36 Å². The number of carbonyl (C=O) groups is 1. The maximum Gasteiger partial charge on any atom is 0.351 e. The van der Waals surface area contributed by atoms with Gasteiger partial charge in [0.1, 0.15) is 12.4 Å². The Labute approximate surface area is 168 Å². The van der Waals surface area contributed by atoms with E-state index in [9.17, 15) is 9.59 Å². The van der Waals surface area contributed by atoms with Crippen LogP contribution in [0.1, 0.15) is 32.3 Å². The molecule has 1 saturated heterocycles. The first kappa shape index (κ1) is 19.4. The lowest BCUT2D eigenvalue weighted by molar-refractivity contribution is -0.130. The van der Waals surface area contributed by atoms with Crippen LogP contribution in [0.15, 0.2) is 29.1 Å². The highest BCUT2D eigenvalue weighted by atomic mass is 16.5. The minimum Gasteiger partial charge on any atom is -0.478 e. The lowest BCUT2D eigenvalue weighted by atomic mass is 9.97. The number of benzene rings is 1. The minimum atomic E-state index is -1.11. The molecule has 0 bridgehead atoms. The first-order chi connectivity index (χ1) is 13.8. The van der Waals surface area contributed by atoms with Crippen molar-refractivity contribution >= 4 is 5.91 Å². The normalized spacial score (nSPS) is 18.1. The maximum absolute atomic E-state index is 12.5. The van der Waals surface area contributed by atoms with Crippen LogP contribution < -0.4 is 20.9 Å². The molecule has 8 heteroatoms. The van der Waals surface area contributed by atoms with Gasteiger partial charge in [-0.2, -0.15) is 4.98 Å². The fourth-order valence-electron chi connectivity index (χ4n) is 3.62. The van der Waals surface area contributed by atoms with Gasteiger partial charge in [-0.15, -0.1) is 0 Å². The molecule has 1 atom stereocenters. The fourth-order valence-corrected chi connectivity index (χ4v) is 3.62. The number of hydrogen-bond donors (Lipinski definition) is 1. The molecular formula is C21H25N3O5. The second-order valence-electron chi connectivity index (χ2n) is 7.91. The predicted octanol–water partition coefficient (Wildman–Crippen LogP) is 1.67. The average molecular weight is 399 g/mol. The van der Waals surface area contributed by atoms with Crippen LogP contribution in [0.2, 0.25) is 0 Å². The molecule has 0 radical (unpaired) electrons. The van der Waals surface area contributed by atoms with Crippen molar-refractivity contribution in [2.24, 2.45) is 5.73 Å². The van der Waals surface area contributed by atoms with Crippen molar-refractivity contribution in [1.82, 2.24) is 9.55 Å². The number of primary amides is 1. The summed E-state index contributed by atoms with van der Waals surface area (Å²) in [6.45, 7) is 4.92. The van der Waals surface area contributed by atoms with E-state index in [0.717, 1.165) is 36.3 Å². The zero-order valence-electron chi connectivity index (χ0n) is 16.6. The van der Waals surface area contributed by atoms with E-state index in [1.807, 2.05) is 12.1 Å². The number of nitrogens with zero attached hydrogens (tertiary/aromatic N) is 2. The van der Waals surface area contributed by atoms with Crippen LogP contribution >= 0.6 is 0 Å². The standard InChI is InChI=1S/C21H25N3O5/c1-21(2,19(22)25)29-14-5-6-16-13(10-14)7-8-24-17(16)11-18(23-20(24)26)28-12-15-4-3-9-27-15/h5-6,10-11,15H,3-4,7-9,12H2,1-2H3,(H2,22,25). The Morgan fingerprint density at radius 2 is 2.21 bits per heavy atom. The molecule has 2 N–H and O–H groups in total. The number of nitrogens with two attached hydrogens (primary N) is 1. The zero-order chi connectivity index (χ0) is 20.6. The molecular weight excluding hydrogens is 374 g/mol. The SMILES string of the molecule is CC(C)(Oc1ccc2c(c1)CCn1c-2cc(OCC2CCCO2)nc1=O)C(N)=O. The molecule has 1 aromatic heterocycles. The highest BCUT2D eigenvalue weighted by Crippen LogP contribution is 2.33. The van der Waals surface area contributed by atoms with E-state index in [1.165, 1.54) is 0 Å². The number of aryl methyl sites for hydroxylation is 1. The monoisotopic (exact) mass is 399 g/mol. The van der Waals surface area contributed by atoms with Crippen LogP contribution in [-0.2, 0) is 22.5 Å². The van der Waals surface area contributed by atoms with E-state index in [-0.39, 0.29) is 11.8 Å². The molecule has 0 aliphatic carbocycles. The summed E-state index contributed by atoms with van der Waals surface area (Å²) in [5.41, 5.74) is 6.66. The zero-order valence-corrected chi connectivity index (χ0v) is 16.6. The number of amides is 1. The average Bonchev–Trinajstić information content (AvgIpc) is 3.19. The van der Waals surface area contributed by atoms with Gasteiger partial charge in [0.2, 0.25) is 5.88 Å². The summed E-state index contributed by atoms with van der Waals surface area (Å²) >= 11 is 0. The van der Waals surface area contributed by atoms with Crippen molar-refractivity contribution in [1.29, 1.82) is 0 Å². The smallest absolute Gasteiger partial charge is 0.351 e. The van der Waals surface area contributed by atoms with Crippen LogP contribution in [0, 0.1) is 0 Å². The Balaban J connectivity index is 1.61. The van der Waals surface area contributed by atoms with Gasteiger partial charge in [0, 0.05) is 24.8 Å². The second kappa shape index (κ2) is 7.51. The molecule has 1 aromatic carbocycles. The molecule has 1 amide bonds. The van der Waals surface area contributed by atoms with E-state index in [1.54, 1.807) is 30.5 Å². The van der Waals surface area contributed by atoms with E-state index in [0.29, 0.717) is 31.2 Å². The predicted molar refractivity (Wildman–Crippen MR) is 106 cm³/mol. The Morgan fingerprint density at radius 1 is 1.38 bits per heavy atom. The number of rotatable bonds is 6. The minimum absolute atomic E-state index is 0.0520. The summed E-state index contributed by atoms with van der Waals surface area (Å²) < 4.78 is 18.7. The maximum atomic E-state index is 12.5. The van der Waals surface area contributed by atoms with Crippen LogP contribution in [0.25, 0.3) is 11.3 Å². The summed E-state index contributed by atoms with van der Waals surface area (Å²) in [6, 6.07) is 7.34. The van der Waals surface area contributed by atoms with Crippen molar-refractivity contribution in [2.75, 3.05) is 13.2 Å². The molecule has 1 unspecified atom stereocenters.